The highest BCUT2D eigenvalue weighted by molar-refractivity contribution is 7.98. The van der Waals surface area contributed by atoms with Crippen molar-refractivity contribution in [2.45, 2.75) is 19.4 Å². The quantitative estimate of drug-likeness (QED) is 0.666. The molecule has 0 rings (SSSR count). The number of carbonyl (C=O) groups is 1. The first-order valence-electron chi connectivity index (χ1n) is 4.20. The number of nitrogens with zero attached hydrogens (tertiary/aromatic N) is 1. The maximum atomic E-state index is 10.2. The minimum absolute atomic E-state index is 0.392. The molecule has 0 aliphatic carbocycles. The minimum Gasteiger partial charge on any atom is -0.478 e. The molecule has 0 aliphatic heterocycles. The molecule has 1 atom stereocenters. The SMILES string of the molecule is CSCCC(C)N(C)/C=C/C(=O)O. The first-order chi connectivity index (χ1) is 6.07. The Kier molecular flexibility index (Phi) is 6.49. The smallest absolute Gasteiger partial charge is 0.329 e. The molecule has 1 unspecified atom stereocenters. The predicted molar refractivity (Wildman–Crippen MR) is 57.0 cm³/mol. The summed E-state index contributed by atoms with van der Waals surface area (Å²) in [6.45, 7) is 2.09. The standard InChI is InChI=1S/C9H17NO2S/c1-8(5-7-13-3)10(2)6-4-9(11)12/h4,6,8H,5,7H2,1-3H3,(H,11,12)/b6-4+. The van der Waals surface area contributed by atoms with Gasteiger partial charge in [0.15, 0.2) is 0 Å². The van der Waals surface area contributed by atoms with Crippen LogP contribution in [0.25, 0.3) is 0 Å². The fraction of sp³-hybridized carbons (Fsp3) is 0.667. The van der Waals surface area contributed by atoms with Crippen molar-refractivity contribution in [3.8, 4) is 0 Å². The largest absolute Gasteiger partial charge is 0.478 e. The second kappa shape index (κ2) is 6.83. The van der Waals surface area contributed by atoms with Crippen LogP contribution in [-0.2, 0) is 4.79 Å². The van der Waals surface area contributed by atoms with Crippen LogP contribution in [0.2, 0.25) is 0 Å². The average molecular weight is 203 g/mol. The molecule has 13 heavy (non-hydrogen) atoms. The summed E-state index contributed by atoms with van der Waals surface area (Å²) in [5.41, 5.74) is 0. The Labute approximate surface area is 83.8 Å². The van der Waals surface area contributed by atoms with E-state index in [2.05, 4.69) is 13.2 Å². The number of aliphatic carboxylic acids is 1. The van der Waals surface area contributed by atoms with Crippen molar-refractivity contribution in [1.82, 2.24) is 4.90 Å². The molecule has 4 heteroatoms. The minimum atomic E-state index is -0.899. The van der Waals surface area contributed by atoms with E-state index in [-0.39, 0.29) is 0 Å². The van der Waals surface area contributed by atoms with Crippen molar-refractivity contribution in [3.05, 3.63) is 12.3 Å². The lowest BCUT2D eigenvalue weighted by Gasteiger charge is -2.22. The summed E-state index contributed by atoms with van der Waals surface area (Å²) in [4.78, 5) is 12.1. The highest BCUT2D eigenvalue weighted by Gasteiger charge is 2.04. The van der Waals surface area contributed by atoms with Crippen LogP contribution >= 0.6 is 11.8 Å². The topological polar surface area (TPSA) is 40.5 Å². The van der Waals surface area contributed by atoms with Crippen molar-refractivity contribution >= 4 is 17.7 Å². The summed E-state index contributed by atoms with van der Waals surface area (Å²) in [5, 5.41) is 8.40. The van der Waals surface area contributed by atoms with Crippen LogP contribution in [0, 0.1) is 0 Å². The van der Waals surface area contributed by atoms with Gasteiger partial charge in [-0.1, -0.05) is 0 Å². The van der Waals surface area contributed by atoms with Crippen LogP contribution in [0.4, 0.5) is 0 Å². The number of carboxylic acids is 1. The second-order valence-corrected chi connectivity index (χ2v) is 3.94. The van der Waals surface area contributed by atoms with Gasteiger partial charge in [-0.2, -0.15) is 11.8 Å². The lowest BCUT2D eigenvalue weighted by Crippen LogP contribution is -2.24. The third kappa shape index (κ3) is 6.51. The van der Waals surface area contributed by atoms with Crippen LogP contribution in [0.15, 0.2) is 12.3 Å². The van der Waals surface area contributed by atoms with Gasteiger partial charge in [-0.15, -0.1) is 0 Å². The molecule has 0 bridgehead atoms. The molecular formula is C9H17NO2S. The monoisotopic (exact) mass is 203 g/mol. The molecule has 0 aromatic carbocycles. The number of rotatable bonds is 6. The third-order valence-electron chi connectivity index (χ3n) is 1.89. The normalized spacial score (nSPS) is 13.2. The molecule has 3 nitrogen and oxygen atoms in total. The van der Waals surface area contributed by atoms with Gasteiger partial charge in [0.1, 0.15) is 0 Å². The molecular weight excluding hydrogens is 186 g/mol. The van der Waals surface area contributed by atoms with E-state index in [0.29, 0.717) is 6.04 Å². The Morgan fingerprint density at radius 1 is 1.69 bits per heavy atom. The molecule has 0 saturated heterocycles. The van der Waals surface area contributed by atoms with Crippen LogP contribution in [0.1, 0.15) is 13.3 Å². The Bertz CT molecular complexity index is 182. The molecule has 76 valence electrons. The zero-order valence-electron chi connectivity index (χ0n) is 8.36. The van der Waals surface area contributed by atoms with E-state index < -0.39 is 5.97 Å². The van der Waals surface area contributed by atoms with Gasteiger partial charge in [0, 0.05) is 25.4 Å². The van der Waals surface area contributed by atoms with Crippen molar-refractivity contribution in [3.63, 3.8) is 0 Å². The van der Waals surface area contributed by atoms with E-state index in [1.54, 1.807) is 18.0 Å². The fourth-order valence-electron chi connectivity index (χ4n) is 0.820. The summed E-state index contributed by atoms with van der Waals surface area (Å²) < 4.78 is 0. The average Bonchev–Trinajstić information content (AvgIpc) is 2.10. The van der Waals surface area contributed by atoms with Gasteiger partial charge in [0.25, 0.3) is 0 Å². The van der Waals surface area contributed by atoms with Gasteiger partial charge in [-0.25, -0.2) is 4.79 Å². The highest BCUT2D eigenvalue weighted by Crippen LogP contribution is 2.05. The molecule has 0 spiro atoms. The van der Waals surface area contributed by atoms with Crippen LogP contribution in [-0.4, -0.2) is 41.1 Å². The number of carboxylic acid groups (broad SMARTS) is 1. The Balaban J connectivity index is 3.81. The molecule has 0 aromatic rings. The fourth-order valence-corrected chi connectivity index (χ4v) is 1.40. The maximum absolute atomic E-state index is 10.2. The van der Waals surface area contributed by atoms with Crippen molar-refractivity contribution in [2.75, 3.05) is 19.1 Å². The molecule has 0 amide bonds. The molecule has 0 aliphatic rings. The zero-order valence-corrected chi connectivity index (χ0v) is 9.17. The van der Waals surface area contributed by atoms with E-state index in [1.165, 1.54) is 0 Å². The van der Waals surface area contributed by atoms with Crippen LogP contribution < -0.4 is 0 Å². The summed E-state index contributed by atoms with van der Waals surface area (Å²) in [6, 6.07) is 0.392. The number of hydrogen-bond donors (Lipinski definition) is 1. The number of thioether (sulfide) groups is 1. The lowest BCUT2D eigenvalue weighted by atomic mass is 10.2. The van der Waals surface area contributed by atoms with Crippen molar-refractivity contribution < 1.29 is 9.90 Å². The third-order valence-corrected chi connectivity index (χ3v) is 2.53. The molecule has 0 fully saturated rings. The summed E-state index contributed by atoms with van der Waals surface area (Å²) in [7, 11) is 1.89. The van der Waals surface area contributed by atoms with Gasteiger partial charge in [0.05, 0.1) is 0 Å². The van der Waals surface area contributed by atoms with Gasteiger partial charge >= 0.3 is 5.97 Å². The maximum Gasteiger partial charge on any atom is 0.329 e. The summed E-state index contributed by atoms with van der Waals surface area (Å²) >= 11 is 1.80. The van der Waals surface area contributed by atoms with Crippen molar-refractivity contribution in [1.29, 1.82) is 0 Å². The Hall–Kier alpha value is -0.640. The molecule has 0 heterocycles. The van der Waals surface area contributed by atoms with E-state index in [9.17, 15) is 4.79 Å². The summed E-state index contributed by atoms with van der Waals surface area (Å²) in [5.74, 6) is 0.204. The van der Waals surface area contributed by atoms with Crippen LogP contribution in [0.5, 0.6) is 0 Å². The van der Waals surface area contributed by atoms with E-state index >= 15 is 0 Å². The van der Waals surface area contributed by atoms with Gasteiger partial charge < -0.3 is 10.0 Å². The van der Waals surface area contributed by atoms with Crippen molar-refractivity contribution in [2.24, 2.45) is 0 Å². The van der Waals surface area contributed by atoms with E-state index in [1.807, 2.05) is 11.9 Å². The first kappa shape index (κ1) is 12.4. The predicted octanol–water partition coefficient (Wildman–Crippen LogP) is 1.66. The molecule has 0 saturated carbocycles. The van der Waals surface area contributed by atoms with Gasteiger partial charge in [-0.05, 0) is 25.4 Å². The molecule has 1 N–H and O–H groups in total. The Morgan fingerprint density at radius 2 is 2.31 bits per heavy atom. The second-order valence-electron chi connectivity index (χ2n) is 2.95. The highest BCUT2D eigenvalue weighted by atomic mass is 32.2. The van der Waals surface area contributed by atoms with Crippen LogP contribution in [0.3, 0.4) is 0 Å². The van der Waals surface area contributed by atoms with Gasteiger partial charge in [0.2, 0.25) is 0 Å². The molecule has 0 aromatic heterocycles. The van der Waals surface area contributed by atoms with E-state index in [0.717, 1.165) is 18.2 Å². The van der Waals surface area contributed by atoms with E-state index in [4.69, 9.17) is 5.11 Å². The molecule has 0 radical (unpaired) electrons. The first-order valence-corrected chi connectivity index (χ1v) is 5.59. The van der Waals surface area contributed by atoms with Gasteiger partial charge in [-0.3, -0.25) is 0 Å². The number of hydrogen-bond acceptors (Lipinski definition) is 3. The summed E-state index contributed by atoms with van der Waals surface area (Å²) in [6.07, 6.45) is 5.91. The lowest BCUT2D eigenvalue weighted by molar-refractivity contribution is -0.131. The zero-order chi connectivity index (χ0) is 10.3. The Morgan fingerprint density at radius 3 is 2.77 bits per heavy atom.